The van der Waals surface area contributed by atoms with Gasteiger partial charge in [-0.15, -0.1) is 0 Å². The second-order valence-corrected chi connectivity index (χ2v) is 7.26. The molecule has 1 aromatic heterocycles. The smallest absolute Gasteiger partial charge is 0.0459 e. The van der Waals surface area contributed by atoms with E-state index in [-0.39, 0.29) is 0 Å². The zero-order valence-electron chi connectivity index (χ0n) is 12.4. The zero-order chi connectivity index (χ0) is 15.5. The zero-order valence-corrected chi connectivity index (χ0v) is 15.6. The quantitative estimate of drug-likeness (QED) is 0.592. The van der Waals surface area contributed by atoms with Gasteiger partial charge < -0.3 is 10.3 Å². The highest BCUT2D eigenvalue weighted by Gasteiger charge is 2.12. The minimum Gasteiger partial charge on any atom is -0.358 e. The highest BCUT2D eigenvalue weighted by Crippen LogP contribution is 2.28. The van der Waals surface area contributed by atoms with Gasteiger partial charge in [-0.05, 0) is 61.5 Å². The summed E-state index contributed by atoms with van der Waals surface area (Å²) in [6.07, 6.45) is 1.96. The third kappa shape index (κ3) is 3.45. The number of fused-ring (bicyclic) bond motifs is 1. The van der Waals surface area contributed by atoms with E-state index in [0.717, 1.165) is 28.3 Å². The Morgan fingerprint density at radius 2 is 1.73 bits per heavy atom. The molecule has 114 valence electrons. The minimum atomic E-state index is 0.929. The van der Waals surface area contributed by atoms with Crippen molar-refractivity contribution in [1.82, 2.24) is 10.3 Å². The van der Waals surface area contributed by atoms with E-state index in [1.165, 1.54) is 27.7 Å². The van der Waals surface area contributed by atoms with Crippen molar-refractivity contribution in [3.8, 4) is 0 Å². The number of aromatic amines is 1. The molecule has 0 radical (unpaired) electrons. The minimum absolute atomic E-state index is 0.929. The fraction of sp³-hybridized carbons (Fsp3) is 0.222. The van der Waals surface area contributed by atoms with Gasteiger partial charge in [0.2, 0.25) is 0 Å². The Morgan fingerprint density at radius 1 is 1.00 bits per heavy atom. The first-order valence-corrected chi connectivity index (χ1v) is 8.94. The number of nitrogens with one attached hydrogen (secondary N) is 2. The van der Waals surface area contributed by atoms with Gasteiger partial charge in [-0.25, -0.2) is 0 Å². The Labute approximate surface area is 147 Å². The van der Waals surface area contributed by atoms with Gasteiger partial charge in [0.15, 0.2) is 0 Å². The lowest BCUT2D eigenvalue weighted by molar-refractivity contribution is 0.788. The van der Waals surface area contributed by atoms with E-state index >= 15 is 0 Å². The molecule has 2 aromatic carbocycles. The third-order valence-corrected chi connectivity index (χ3v) is 4.90. The summed E-state index contributed by atoms with van der Waals surface area (Å²) in [5, 5.41) is 4.57. The van der Waals surface area contributed by atoms with Crippen LogP contribution in [0.2, 0.25) is 0 Å². The van der Waals surface area contributed by atoms with Crippen molar-refractivity contribution in [2.45, 2.75) is 12.8 Å². The lowest BCUT2D eigenvalue weighted by Crippen LogP contribution is -2.11. The van der Waals surface area contributed by atoms with Crippen LogP contribution in [0.3, 0.4) is 0 Å². The van der Waals surface area contributed by atoms with Gasteiger partial charge in [0.1, 0.15) is 0 Å². The standard InChI is InChI=1S/C18H18Br2N2/c1-21-9-8-15-16-11-14(20)6-7-17(16)22-18(15)10-12-2-4-13(19)5-3-12/h2-7,11,21-22H,8-10H2,1H3. The summed E-state index contributed by atoms with van der Waals surface area (Å²) in [4.78, 5) is 3.60. The second kappa shape index (κ2) is 6.99. The first-order chi connectivity index (χ1) is 10.7. The van der Waals surface area contributed by atoms with E-state index in [1.54, 1.807) is 0 Å². The number of likely N-dealkylation sites (N-methyl/N-ethyl adjacent to an activating group) is 1. The number of benzene rings is 2. The summed E-state index contributed by atoms with van der Waals surface area (Å²) >= 11 is 7.08. The van der Waals surface area contributed by atoms with Crippen LogP contribution < -0.4 is 5.32 Å². The van der Waals surface area contributed by atoms with Crippen molar-refractivity contribution in [3.63, 3.8) is 0 Å². The number of rotatable bonds is 5. The maximum atomic E-state index is 3.60. The van der Waals surface area contributed by atoms with Crippen LogP contribution in [0.5, 0.6) is 0 Å². The SMILES string of the molecule is CNCCc1c(Cc2ccc(Br)cc2)[nH]c2ccc(Br)cc12. The average Bonchev–Trinajstić information content (AvgIpc) is 2.84. The molecular formula is C18H18Br2N2. The second-order valence-electron chi connectivity index (χ2n) is 5.43. The summed E-state index contributed by atoms with van der Waals surface area (Å²) in [6, 6.07) is 15.0. The van der Waals surface area contributed by atoms with E-state index in [9.17, 15) is 0 Å². The van der Waals surface area contributed by atoms with Crippen LogP contribution in [0.15, 0.2) is 51.4 Å². The van der Waals surface area contributed by atoms with E-state index in [1.807, 2.05) is 7.05 Å². The van der Waals surface area contributed by atoms with Crippen molar-refractivity contribution >= 4 is 42.8 Å². The fourth-order valence-electron chi connectivity index (χ4n) is 2.77. The molecule has 0 aliphatic rings. The van der Waals surface area contributed by atoms with Gasteiger partial charge in [-0.2, -0.15) is 0 Å². The van der Waals surface area contributed by atoms with Crippen molar-refractivity contribution < 1.29 is 0 Å². The molecule has 0 unspecified atom stereocenters. The van der Waals surface area contributed by atoms with Crippen LogP contribution >= 0.6 is 31.9 Å². The molecule has 0 aliphatic carbocycles. The molecule has 2 nitrogen and oxygen atoms in total. The van der Waals surface area contributed by atoms with E-state index < -0.39 is 0 Å². The number of hydrogen-bond donors (Lipinski definition) is 2. The Bertz CT molecular complexity index is 776. The molecule has 0 saturated heterocycles. The van der Waals surface area contributed by atoms with Crippen LogP contribution in [0, 0.1) is 0 Å². The molecule has 0 amide bonds. The third-order valence-electron chi connectivity index (χ3n) is 3.88. The number of hydrogen-bond acceptors (Lipinski definition) is 1. The maximum Gasteiger partial charge on any atom is 0.0459 e. The summed E-state index contributed by atoms with van der Waals surface area (Å²) < 4.78 is 2.24. The number of halogens is 2. The van der Waals surface area contributed by atoms with Gasteiger partial charge in [0, 0.05) is 32.0 Å². The van der Waals surface area contributed by atoms with E-state index in [0.29, 0.717) is 0 Å². The molecule has 0 aliphatic heterocycles. The van der Waals surface area contributed by atoms with Crippen molar-refractivity contribution in [2.24, 2.45) is 0 Å². The predicted octanol–water partition coefficient (Wildman–Crippen LogP) is 5.05. The average molecular weight is 422 g/mol. The first kappa shape index (κ1) is 15.8. The highest BCUT2D eigenvalue weighted by molar-refractivity contribution is 9.10. The van der Waals surface area contributed by atoms with Gasteiger partial charge in [0.05, 0.1) is 0 Å². The topological polar surface area (TPSA) is 27.8 Å². The summed E-state index contributed by atoms with van der Waals surface area (Å²) in [6.45, 7) is 0.979. The monoisotopic (exact) mass is 420 g/mol. The van der Waals surface area contributed by atoms with Crippen molar-refractivity contribution in [3.05, 3.63) is 68.2 Å². The molecule has 3 rings (SSSR count). The summed E-state index contributed by atoms with van der Waals surface area (Å²) in [7, 11) is 2.00. The van der Waals surface area contributed by atoms with Gasteiger partial charge in [-0.3, -0.25) is 0 Å². The fourth-order valence-corrected chi connectivity index (χ4v) is 3.39. The predicted molar refractivity (Wildman–Crippen MR) is 101 cm³/mol. The molecule has 0 fully saturated rings. The largest absolute Gasteiger partial charge is 0.358 e. The van der Waals surface area contributed by atoms with Crippen molar-refractivity contribution in [1.29, 1.82) is 0 Å². The Kier molecular flexibility index (Phi) is 5.01. The number of aromatic nitrogens is 1. The van der Waals surface area contributed by atoms with E-state index in [4.69, 9.17) is 0 Å². The van der Waals surface area contributed by atoms with Crippen LogP contribution in [0.25, 0.3) is 10.9 Å². The molecule has 4 heteroatoms. The molecule has 3 aromatic rings. The maximum absolute atomic E-state index is 3.60. The Morgan fingerprint density at radius 3 is 2.45 bits per heavy atom. The molecule has 0 atom stereocenters. The van der Waals surface area contributed by atoms with Gasteiger partial charge in [0.25, 0.3) is 0 Å². The molecule has 2 N–H and O–H groups in total. The van der Waals surface area contributed by atoms with E-state index in [2.05, 4.69) is 84.6 Å². The normalized spacial score (nSPS) is 11.2. The molecule has 0 spiro atoms. The van der Waals surface area contributed by atoms with Crippen LogP contribution in [-0.4, -0.2) is 18.6 Å². The molecule has 22 heavy (non-hydrogen) atoms. The molecular weight excluding hydrogens is 404 g/mol. The summed E-state index contributed by atoms with van der Waals surface area (Å²) in [5.41, 5.74) is 5.25. The van der Waals surface area contributed by atoms with Crippen LogP contribution in [0.4, 0.5) is 0 Å². The van der Waals surface area contributed by atoms with Crippen LogP contribution in [-0.2, 0) is 12.8 Å². The van der Waals surface area contributed by atoms with Gasteiger partial charge in [-0.1, -0.05) is 44.0 Å². The molecule has 1 heterocycles. The molecule has 0 saturated carbocycles. The Balaban J connectivity index is 2.01. The van der Waals surface area contributed by atoms with Crippen LogP contribution in [0.1, 0.15) is 16.8 Å². The van der Waals surface area contributed by atoms with Crippen molar-refractivity contribution in [2.75, 3.05) is 13.6 Å². The Hall–Kier alpha value is -1.10. The van der Waals surface area contributed by atoms with Gasteiger partial charge >= 0.3 is 0 Å². The molecule has 0 bridgehead atoms. The summed E-state index contributed by atoms with van der Waals surface area (Å²) in [5.74, 6) is 0. The lowest BCUT2D eigenvalue weighted by atomic mass is 10.0. The number of H-pyrrole nitrogens is 1. The lowest BCUT2D eigenvalue weighted by Gasteiger charge is -2.06. The highest BCUT2D eigenvalue weighted by atomic mass is 79.9. The first-order valence-electron chi connectivity index (χ1n) is 7.35.